The zero-order chi connectivity index (χ0) is 16.9. The van der Waals surface area contributed by atoms with E-state index in [0.29, 0.717) is 21.7 Å². The lowest BCUT2D eigenvalue weighted by atomic mass is 10.2. The van der Waals surface area contributed by atoms with Crippen molar-refractivity contribution in [3.05, 3.63) is 52.4 Å². The highest BCUT2D eigenvalue weighted by Gasteiger charge is 2.25. The first-order valence-corrected chi connectivity index (χ1v) is 9.06. The SMILES string of the molecule is S=C(NC[C@H](c1ccco1)N1CCCC1)Nc1cc(Cl)cc(Cl)c1. The number of nitrogens with zero attached hydrogens (tertiary/aromatic N) is 1. The largest absolute Gasteiger partial charge is 0.468 e. The van der Waals surface area contributed by atoms with Crippen molar-refractivity contribution in [3.63, 3.8) is 0 Å². The minimum atomic E-state index is 0.171. The van der Waals surface area contributed by atoms with Crippen molar-refractivity contribution in [2.45, 2.75) is 18.9 Å². The number of hydrogen-bond donors (Lipinski definition) is 2. The van der Waals surface area contributed by atoms with Crippen molar-refractivity contribution >= 4 is 46.2 Å². The van der Waals surface area contributed by atoms with Gasteiger partial charge in [-0.2, -0.15) is 0 Å². The van der Waals surface area contributed by atoms with Crippen molar-refractivity contribution in [1.29, 1.82) is 0 Å². The van der Waals surface area contributed by atoms with Crippen LogP contribution in [-0.4, -0.2) is 29.6 Å². The van der Waals surface area contributed by atoms with E-state index in [1.54, 1.807) is 24.5 Å². The van der Waals surface area contributed by atoms with E-state index in [1.165, 1.54) is 12.8 Å². The number of likely N-dealkylation sites (tertiary alicyclic amines) is 1. The number of anilines is 1. The van der Waals surface area contributed by atoms with Crippen molar-refractivity contribution in [2.24, 2.45) is 0 Å². The normalized spacial score (nSPS) is 16.1. The molecule has 0 spiro atoms. The Bertz CT molecular complexity index is 667. The maximum absolute atomic E-state index is 6.01. The summed E-state index contributed by atoms with van der Waals surface area (Å²) in [5.41, 5.74) is 0.765. The molecule has 1 aromatic heterocycles. The van der Waals surface area contributed by atoms with Gasteiger partial charge in [-0.15, -0.1) is 0 Å². The minimum absolute atomic E-state index is 0.171. The molecule has 2 aromatic rings. The van der Waals surface area contributed by atoms with Crippen LogP contribution >= 0.6 is 35.4 Å². The van der Waals surface area contributed by atoms with Crippen LogP contribution in [0.5, 0.6) is 0 Å². The summed E-state index contributed by atoms with van der Waals surface area (Å²) >= 11 is 17.4. The number of nitrogens with one attached hydrogen (secondary N) is 2. The van der Waals surface area contributed by atoms with Crippen molar-refractivity contribution in [3.8, 4) is 0 Å². The van der Waals surface area contributed by atoms with Crippen LogP contribution in [-0.2, 0) is 0 Å². The van der Waals surface area contributed by atoms with Crippen LogP contribution in [0.15, 0.2) is 41.0 Å². The highest BCUT2D eigenvalue weighted by Crippen LogP contribution is 2.25. The average molecular weight is 384 g/mol. The van der Waals surface area contributed by atoms with Gasteiger partial charge in [-0.25, -0.2) is 0 Å². The Labute approximate surface area is 157 Å². The molecule has 1 atom stereocenters. The molecule has 1 aromatic carbocycles. The molecular weight excluding hydrogens is 365 g/mol. The monoisotopic (exact) mass is 383 g/mol. The summed E-state index contributed by atoms with van der Waals surface area (Å²) in [7, 11) is 0. The van der Waals surface area contributed by atoms with Crippen molar-refractivity contribution in [2.75, 3.05) is 25.0 Å². The predicted octanol–water partition coefficient (Wildman–Crippen LogP) is 4.71. The van der Waals surface area contributed by atoms with Gasteiger partial charge in [-0.3, -0.25) is 4.90 Å². The fourth-order valence-electron chi connectivity index (χ4n) is 2.93. The van der Waals surface area contributed by atoms with E-state index in [9.17, 15) is 0 Å². The van der Waals surface area contributed by atoms with Gasteiger partial charge in [0.15, 0.2) is 5.11 Å². The molecule has 1 saturated heterocycles. The smallest absolute Gasteiger partial charge is 0.170 e. The summed E-state index contributed by atoms with van der Waals surface area (Å²) < 4.78 is 5.61. The van der Waals surface area contributed by atoms with Gasteiger partial charge in [0, 0.05) is 22.3 Å². The Morgan fingerprint density at radius 3 is 2.54 bits per heavy atom. The zero-order valence-electron chi connectivity index (χ0n) is 13.1. The molecule has 0 radical (unpaired) electrons. The second-order valence-corrected chi connectivity index (χ2v) is 7.05. The van der Waals surface area contributed by atoms with Crippen LogP contribution < -0.4 is 10.6 Å². The third-order valence-corrected chi connectivity index (χ3v) is 4.71. The fraction of sp³-hybridized carbons (Fsp3) is 0.353. The molecule has 1 aliphatic heterocycles. The van der Waals surface area contributed by atoms with Crippen LogP contribution in [0.1, 0.15) is 24.6 Å². The number of rotatable bonds is 5. The molecule has 0 aliphatic carbocycles. The molecule has 1 aliphatic rings. The number of halogens is 2. The van der Waals surface area contributed by atoms with Crippen molar-refractivity contribution < 1.29 is 4.42 Å². The molecule has 2 heterocycles. The molecule has 0 bridgehead atoms. The number of thiocarbonyl (C=S) groups is 1. The van der Waals surface area contributed by atoms with Crippen molar-refractivity contribution in [1.82, 2.24) is 10.2 Å². The van der Waals surface area contributed by atoms with E-state index >= 15 is 0 Å². The molecule has 2 N–H and O–H groups in total. The highest BCUT2D eigenvalue weighted by atomic mass is 35.5. The maximum atomic E-state index is 6.01. The lowest BCUT2D eigenvalue weighted by molar-refractivity contribution is 0.216. The topological polar surface area (TPSA) is 40.4 Å². The molecule has 128 valence electrons. The Balaban J connectivity index is 1.60. The summed E-state index contributed by atoms with van der Waals surface area (Å²) in [4.78, 5) is 2.42. The summed E-state index contributed by atoms with van der Waals surface area (Å²) in [5.74, 6) is 0.956. The quantitative estimate of drug-likeness (QED) is 0.731. The van der Waals surface area contributed by atoms with Gasteiger partial charge in [-0.05, 0) is 68.5 Å². The first-order chi connectivity index (χ1) is 11.6. The Morgan fingerprint density at radius 1 is 1.21 bits per heavy atom. The lowest BCUT2D eigenvalue weighted by Crippen LogP contribution is -2.38. The molecule has 0 unspecified atom stereocenters. The van der Waals surface area contributed by atoms with Crippen LogP contribution in [0.25, 0.3) is 0 Å². The summed E-state index contributed by atoms with van der Waals surface area (Å²) in [5, 5.41) is 8.05. The molecule has 24 heavy (non-hydrogen) atoms. The van der Waals surface area contributed by atoms with E-state index < -0.39 is 0 Å². The summed E-state index contributed by atoms with van der Waals surface area (Å²) in [6.07, 6.45) is 4.16. The molecular formula is C17H19Cl2N3OS. The van der Waals surface area contributed by atoms with E-state index in [4.69, 9.17) is 39.8 Å². The molecule has 0 saturated carbocycles. The van der Waals surface area contributed by atoms with E-state index in [-0.39, 0.29) is 6.04 Å². The average Bonchev–Trinajstić information content (AvgIpc) is 3.19. The summed E-state index contributed by atoms with van der Waals surface area (Å²) in [6, 6.07) is 9.36. The standard InChI is InChI=1S/C17H19Cl2N3OS/c18-12-8-13(19)10-14(9-12)21-17(24)20-11-15(16-4-3-7-23-16)22-5-1-2-6-22/h3-4,7-10,15H,1-2,5-6,11H2,(H2,20,21,24)/t15-/m1/s1. The second kappa shape index (κ2) is 8.21. The van der Waals surface area contributed by atoms with Gasteiger partial charge in [0.05, 0.1) is 12.3 Å². The van der Waals surface area contributed by atoms with E-state index in [1.807, 2.05) is 12.1 Å². The Kier molecular flexibility index (Phi) is 6.00. The minimum Gasteiger partial charge on any atom is -0.468 e. The molecule has 1 fully saturated rings. The fourth-order valence-corrected chi connectivity index (χ4v) is 3.66. The van der Waals surface area contributed by atoms with Gasteiger partial charge >= 0.3 is 0 Å². The molecule has 7 heteroatoms. The predicted molar refractivity (Wildman–Crippen MR) is 103 cm³/mol. The van der Waals surface area contributed by atoms with E-state index in [0.717, 1.165) is 24.5 Å². The lowest BCUT2D eigenvalue weighted by Gasteiger charge is -2.26. The third kappa shape index (κ3) is 4.63. The first-order valence-electron chi connectivity index (χ1n) is 7.90. The van der Waals surface area contributed by atoms with Gasteiger partial charge in [0.1, 0.15) is 5.76 Å². The van der Waals surface area contributed by atoms with Gasteiger partial charge < -0.3 is 15.1 Å². The maximum Gasteiger partial charge on any atom is 0.170 e. The summed E-state index contributed by atoms with van der Waals surface area (Å²) in [6.45, 7) is 2.84. The second-order valence-electron chi connectivity index (χ2n) is 5.77. The Morgan fingerprint density at radius 2 is 1.92 bits per heavy atom. The molecule has 0 amide bonds. The Hall–Kier alpha value is -1.27. The first kappa shape index (κ1) is 17.5. The molecule has 4 nitrogen and oxygen atoms in total. The van der Waals surface area contributed by atoms with Crippen LogP contribution in [0.2, 0.25) is 10.0 Å². The third-order valence-electron chi connectivity index (χ3n) is 4.03. The molecule has 3 rings (SSSR count). The number of furan rings is 1. The van der Waals surface area contributed by atoms with Gasteiger partial charge in [0.2, 0.25) is 0 Å². The van der Waals surface area contributed by atoms with Crippen LogP contribution in [0.4, 0.5) is 5.69 Å². The highest BCUT2D eigenvalue weighted by molar-refractivity contribution is 7.80. The van der Waals surface area contributed by atoms with Crippen LogP contribution in [0, 0.1) is 0 Å². The van der Waals surface area contributed by atoms with Gasteiger partial charge in [-0.1, -0.05) is 23.2 Å². The van der Waals surface area contributed by atoms with Gasteiger partial charge in [0.25, 0.3) is 0 Å². The zero-order valence-corrected chi connectivity index (χ0v) is 15.4. The van der Waals surface area contributed by atoms with Crippen LogP contribution in [0.3, 0.4) is 0 Å². The number of hydrogen-bond acceptors (Lipinski definition) is 3. The van der Waals surface area contributed by atoms with E-state index in [2.05, 4.69) is 15.5 Å². The number of benzene rings is 1.